The van der Waals surface area contributed by atoms with Gasteiger partial charge in [0.05, 0.1) is 6.54 Å². The van der Waals surface area contributed by atoms with Gasteiger partial charge in [-0.3, -0.25) is 4.90 Å². The minimum Gasteiger partial charge on any atom is -0.339 e. The molecule has 0 saturated carbocycles. The SMILES string of the molecule is CCc1nc(CN2CCNCC2c2cccc(F)c2)no1. The Morgan fingerprint density at radius 1 is 1.48 bits per heavy atom. The van der Waals surface area contributed by atoms with Crippen LogP contribution in [0.25, 0.3) is 0 Å². The second-order valence-corrected chi connectivity index (χ2v) is 5.20. The number of hydrogen-bond donors (Lipinski definition) is 1. The van der Waals surface area contributed by atoms with Gasteiger partial charge >= 0.3 is 0 Å². The summed E-state index contributed by atoms with van der Waals surface area (Å²) in [5.41, 5.74) is 0.974. The first-order chi connectivity index (χ1) is 10.3. The van der Waals surface area contributed by atoms with Gasteiger partial charge in [-0.2, -0.15) is 4.98 Å². The molecule has 0 bridgehead atoms. The van der Waals surface area contributed by atoms with Gasteiger partial charge in [0.2, 0.25) is 5.89 Å². The van der Waals surface area contributed by atoms with Crippen molar-refractivity contribution in [3.05, 3.63) is 47.4 Å². The third-order valence-corrected chi connectivity index (χ3v) is 3.74. The zero-order valence-electron chi connectivity index (χ0n) is 12.1. The maximum absolute atomic E-state index is 13.4. The predicted octanol–water partition coefficient (Wildman–Crippen LogP) is 1.92. The summed E-state index contributed by atoms with van der Waals surface area (Å²) in [4.78, 5) is 6.61. The van der Waals surface area contributed by atoms with E-state index in [2.05, 4.69) is 20.4 Å². The Morgan fingerprint density at radius 2 is 2.38 bits per heavy atom. The van der Waals surface area contributed by atoms with Crippen molar-refractivity contribution in [1.82, 2.24) is 20.4 Å². The van der Waals surface area contributed by atoms with Crippen molar-refractivity contribution in [3.8, 4) is 0 Å². The van der Waals surface area contributed by atoms with Gasteiger partial charge in [-0.25, -0.2) is 4.39 Å². The summed E-state index contributed by atoms with van der Waals surface area (Å²) in [5.74, 6) is 1.14. The molecule has 1 aliphatic heterocycles. The Balaban J connectivity index is 1.78. The molecule has 1 saturated heterocycles. The number of piperazine rings is 1. The molecule has 0 radical (unpaired) electrons. The molecule has 112 valence electrons. The second kappa shape index (κ2) is 6.32. The van der Waals surface area contributed by atoms with Gasteiger partial charge in [0.15, 0.2) is 5.82 Å². The molecular weight excluding hydrogens is 271 g/mol. The average molecular weight is 290 g/mol. The first-order valence-corrected chi connectivity index (χ1v) is 7.28. The van der Waals surface area contributed by atoms with Crippen molar-refractivity contribution in [2.45, 2.75) is 25.9 Å². The number of aryl methyl sites for hydroxylation is 1. The molecule has 1 fully saturated rings. The molecule has 5 nitrogen and oxygen atoms in total. The number of nitrogens with one attached hydrogen (secondary N) is 1. The largest absolute Gasteiger partial charge is 0.339 e. The van der Waals surface area contributed by atoms with Crippen LogP contribution in [0.3, 0.4) is 0 Å². The smallest absolute Gasteiger partial charge is 0.226 e. The third kappa shape index (κ3) is 3.28. The van der Waals surface area contributed by atoms with E-state index in [4.69, 9.17) is 4.52 Å². The Hall–Kier alpha value is -1.79. The molecule has 21 heavy (non-hydrogen) atoms. The zero-order valence-corrected chi connectivity index (χ0v) is 12.1. The van der Waals surface area contributed by atoms with E-state index in [9.17, 15) is 4.39 Å². The van der Waals surface area contributed by atoms with E-state index < -0.39 is 0 Å². The van der Waals surface area contributed by atoms with E-state index >= 15 is 0 Å². The van der Waals surface area contributed by atoms with Gasteiger partial charge in [0.25, 0.3) is 0 Å². The van der Waals surface area contributed by atoms with Crippen molar-refractivity contribution in [1.29, 1.82) is 0 Å². The quantitative estimate of drug-likeness (QED) is 0.932. The summed E-state index contributed by atoms with van der Waals surface area (Å²) in [5, 5.41) is 7.36. The zero-order chi connectivity index (χ0) is 14.7. The molecule has 3 rings (SSSR count). The van der Waals surface area contributed by atoms with Crippen molar-refractivity contribution in [3.63, 3.8) is 0 Å². The molecule has 0 aliphatic carbocycles. The summed E-state index contributed by atoms with van der Waals surface area (Å²) >= 11 is 0. The molecular formula is C15H19FN4O. The Labute approximate surface area is 123 Å². The summed E-state index contributed by atoms with van der Waals surface area (Å²) in [7, 11) is 0. The van der Waals surface area contributed by atoms with Crippen LogP contribution in [0.4, 0.5) is 4.39 Å². The topological polar surface area (TPSA) is 54.2 Å². The number of rotatable bonds is 4. The van der Waals surface area contributed by atoms with Crippen molar-refractivity contribution in [2.75, 3.05) is 19.6 Å². The number of hydrogen-bond acceptors (Lipinski definition) is 5. The molecule has 6 heteroatoms. The highest BCUT2D eigenvalue weighted by Gasteiger charge is 2.25. The van der Waals surface area contributed by atoms with E-state index in [0.717, 1.165) is 31.6 Å². The molecule has 2 heterocycles. The molecule has 1 unspecified atom stereocenters. The molecule has 0 spiro atoms. The van der Waals surface area contributed by atoms with Gasteiger partial charge in [-0.05, 0) is 17.7 Å². The van der Waals surface area contributed by atoms with Crippen LogP contribution in [0.1, 0.15) is 30.2 Å². The Kier molecular flexibility index (Phi) is 4.26. The lowest BCUT2D eigenvalue weighted by atomic mass is 10.0. The minimum absolute atomic E-state index is 0.123. The summed E-state index contributed by atoms with van der Waals surface area (Å²) in [6.07, 6.45) is 0.738. The number of nitrogens with zero attached hydrogens (tertiary/aromatic N) is 3. The maximum atomic E-state index is 13.4. The van der Waals surface area contributed by atoms with Crippen LogP contribution in [-0.4, -0.2) is 34.7 Å². The van der Waals surface area contributed by atoms with E-state index in [1.165, 1.54) is 6.07 Å². The number of benzene rings is 1. The highest BCUT2D eigenvalue weighted by Crippen LogP contribution is 2.24. The maximum Gasteiger partial charge on any atom is 0.226 e. The van der Waals surface area contributed by atoms with Crippen LogP contribution in [0.5, 0.6) is 0 Å². The molecule has 1 aromatic carbocycles. The van der Waals surface area contributed by atoms with Crippen LogP contribution in [0, 0.1) is 5.82 Å². The Morgan fingerprint density at radius 3 is 3.14 bits per heavy atom. The van der Waals surface area contributed by atoms with Crippen LogP contribution >= 0.6 is 0 Å². The molecule has 1 aromatic heterocycles. The minimum atomic E-state index is -0.203. The van der Waals surface area contributed by atoms with Gasteiger partial charge in [-0.1, -0.05) is 24.2 Å². The summed E-state index contributed by atoms with van der Waals surface area (Å²) in [6, 6.07) is 6.90. The predicted molar refractivity (Wildman–Crippen MR) is 76.1 cm³/mol. The molecule has 1 aliphatic rings. The summed E-state index contributed by atoms with van der Waals surface area (Å²) < 4.78 is 18.6. The molecule has 1 atom stereocenters. The number of halogens is 1. The monoisotopic (exact) mass is 290 g/mol. The number of aromatic nitrogens is 2. The van der Waals surface area contributed by atoms with Gasteiger partial charge in [0, 0.05) is 32.1 Å². The lowest BCUT2D eigenvalue weighted by Crippen LogP contribution is -2.45. The van der Waals surface area contributed by atoms with Gasteiger partial charge in [0.1, 0.15) is 5.82 Å². The highest BCUT2D eigenvalue weighted by atomic mass is 19.1. The van der Waals surface area contributed by atoms with E-state index in [1.54, 1.807) is 12.1 Å². The van der Waals surface area contributed by atoms with Crippen molar-refractivity contribution in [2.24, 2.45) is 0 Å². The average Bonchev–Trinajstić information content (AvgIpc) is 2.95. The van der Waals surface area contributed by atoms with Crippen LogP contribution < -0.4 is 5.32 Å². The fourth-order valence-electron chi connectivity index (χ4n) is 2.66. The molecule has 0 amide bonds. The normalized spacial score (nSPS) is 19.8. The van der Waals surface area contributed by atoms with Crippen LogP contribution in [0.15, 0.2) is 28.8 Å². The fourth-order valence-corrected chi connectivity index (χ4v) is 2.66. The first kappa shape index (κ1) is 14.2. The third-order valence-electron chi connectivity index (χ3n) is 3.74. The summed E-state index contributed by atoms with van der Waals surface area (Å²) in [6.45, 7) is 5.17. The standard InChI is InChI=1S/C15H19FN4O/c1-2-15-18-14(19-21-15)10-20-7-6-17-9-13(20)11-4-3-5-12(16)8-11/h3-5,8,13,17H,2,6-7,9-10H2,1H3. The lowest BCUT2D eigenvalue weighted by Gasteiger charge is -2.35. The molecule has 1 N–H and O–H groups in total. The van der Waals surface area contributed by atoms with Crippen molar-refractivity contribution < 1.29 is 8.91 Å². The van der Waals surface area contributed by atoms with Gasteiger partial charge < -0.3 is 9.84 Å². The Bertz CT molecular complexity index is 601. The highest BCUT2D eigenvalue weighted by molar-refractivity contribution is 5.21. The van der Waals surface area contributed by atoms with E-state index in [0.29, 0.717) is 18.3 Å². The van der Waals surface area contributed by atoms with Crippen LogP contribution in [0.2, 0.25) is 0 Å². The van der Waals surface area contributed by atoms with E-state index in [-0.39, 0.29) is 11.9 Å². The first-order valence-electron chi connectivity index (χ1n) is 7.28. The van der Waals surface area contributed by atoms with Crippen LogP contribution in [-0.2, 0) is 13.0 Å². The lowest BCUT2D eigenvalue weighted by molar-refractivity contribution is 0.148. The van der Waals surface area contributed by atoms with Gasteiger partial charge in [-0.15, -0.1) is 0 Å². The molecule has 2 aromatic rings. The fraction of sp³-hybridized carbons (Fsp3) is 0.467. The second-order valence-electron chi connectivity index (χ2n) is 5.20. The van der Waals surface area contributed by atoms with E-state index in [1.807, 2.05) is 13.0 Å². The van der Waals surface area contributed by atoms with Crippen molar-refractivity contribution >= 4 is 0 Å².